The summed E-state index contributed by atoms with van der Waals surface area (Å²) in [5, 5.41) is 5.69. The second-order valence-corrected chi connectivity index (χ2v) is 7.50. The fourth-order valence-corrected chi connectivity index (χ4v) is 3.85. The number of hydrogen-bond acceptors (Lipinski definition) is 2. The number of nitrogens with zero attached hydrogens (tertiary/aromatic N) is 1. The van der Waals surface area contributed by atoms with Crippen LogP contribution in [0.2, 0.25) is 0 Å². The van der Waals surface area contributed by atoms with Crippen molar-refractivity contribution < 1.29 is 14.0 Å². The molecule has 6 heteroatoms. The molecular weight excluding hydrogens is 369 g/mol. The van der Waals surface area contributed by atoms with E-state index in [0.29, 0.717) is 31.5 Å². The fraction of sp³-hybridized carbons (Fsp3) is 0.391. The van der Waals surface area contributed by atoms with E-state index in [1.807, 2.05) is 32.0 Å². The van der Waals surface area contributed by atoms with Crippen LogP contribution in [0, 0.1) is 18.7 Å². The summed E-state index contributed by atoms with van der Waals surface area (Å²) in [5.41, 5.74) is 2.68. The second kappa shape index (κ2) is 9.54. The van der Waals surface area contributed by atoms with Crippen molar-refractivity contribution in [2.75, 3.05) is 13.1 Å². The fourth-order valence-electron chi connectivity index (χ4n) is 3.85. The van der Waals surface area contributed by atoms with Crippen LogP contribution < -0.4 is 10.6 Å². The largest absolute Gasteiger partial charge is 0.352 e. The Morgan fingerprint density at radius 2 is 1.90 bits per heavy atom. The molecule has 0 bridgehead atoms. The van der Waals surface area contributed by atoms with Gasteiger partial charge in [0.05, 0.1) is 12.0 Å². The van der Waals surface area contributed by atoms with Crippen molar-refractivity contribution in [1.82, 2.24) is 15.5 Å². The lowest BCUT2D eigenvalue weighted by molar-refractivity contribution is -0.126. The predicted octanol–water partition coefficient (Wildman–Crippen LogP) is 3.93. The molecule has 0 saturated carbocycles. The van der Waals surface area contributed by atoms with Crippen LogP contribution in [-0.4, -0.2) is 29.9 Å². The van der Waals surface area contributed by atoms with Gasteiger partial charge < -0.3 is 15.5 Å². The lowest BCUT2D eigenvalue weighted by Crippen LogP contribution is -2.50. The summed E-state index contributed by atoms with van der Waals surface area (Å²) in [6, 6.07) is 14.3. The van der Waals surface area contributed by atoms with Gasteiger partial charge in [0.25, 0.3) is 0 Å². The smallest absolute Gasteiger partial charge is 0.317 e. The molecule has 0 radical (unpaired) electrons. The normalized spacial score (nSPS) is 18.9. The molecule has 2 N–H and O–H groups in total. The average molecular weight is 397 g/mol. The zero-order valence-electron chi connectivity index (χ0n) is 17.0. The molecule has 3 rings (SSSR count). The van der Waals surface area contributed by atoms with E-state index in [9.17, 15) is 14.0 Å². The maximum Gasteiger partial charge on any atom is 0.317 e. The maximum absolute atomic E-state index is 13.8. The van der Waals surface area contributed by atoms with Gasteiger partial charge in [-0.2, -0.15) is 0 Å². The first-order valence-corrected chi connectivity index (χ1v) is 10.1. The number of carbonyl (C=O) groups is 2. The van der Waals surface area contributed by atoms with Gasteiger partial charge in [-0.05, 0) is 38.3 Å². The molecule has 5 nitrogen and oxygen atoms in total. The van der Waals surface area contributed by atoms with Crippen molar-refractivity contribution in [1.29, 1.82) is 0 Å². The van der Waals surface area contributed by atoms with Crippen molar-refractivity contribution in [3.05, 3.63) is 71.0 Å². The van der Waals surface area contributed by atoms with E-state index in [1.54, 1.807) is 23.1 Å². The Bertz CT molecular complexity index is 871. The van der Waals surface area contributed by atoms with E-state index < -0.39 is 0 Å². The first-order chi connectivity index (χ1) is 14.0. The molecule has 2 atom stereocenters. The second-order valence-electron chi connectivity index (χ2n) is 7.50. The molecule has 1 saturated heterocycles. The Hall–Kier alpha value is -2.89. The lowest BCUT2D eigenvalue weighted by Gasteiger charge is -2.39. The minimum atomic E-state index is -0.333. The molecule has 1 fully saturated rings. The van der Waals surface area contributed by atoms with Crippen molar-refractivity contribution >= 4 is 11.9 Å². The number of aryl methyl sites for hydroxylation is 1. The third-order valence-electron chi connectivity index (χ3n) is 5.38. The number of nitrogens with one attached hydrogen (secondary N) is 2. The summed E-state index contributed by atoms with van der Waals surface area (Å²) in [7, 11) is 0. The van der Waals surface area contributed by atoms with Crippen LogP contribution in [0.25, 0.3) is 0 Å². The Kier molecular flexibility index (Phi) is 6.86. The number of rotatable bonds is 5. The minimum Gasteiger partial charge on any atom is -0.352 e. The molecule has 1 aliphatic heterocycles. The molecule has 29 heavy (non-hydrogen) atoms. The van der Waals surface area contributed by atoms with Crippen LogP contribution in [0.3, 0.4) is 0 Å². The summed E-state index contributed by atoms with van der Waals surface area (Å²) in [5.74, 6) is -0.796. The monoisotopic (exact) mass is 397 g/mol. The highest BCUT2D eigenvalue weighted by Gasteiger charge is 2.35. The third-order valence-corrected chi connectivity index (χ3v) is 5.38. The Labute approximate surface area is 171 Å². The van der Waals surface area contributed by atoms with Crippen molar-refractivity contribution in [2.24, 2.45) is 5.92 Å². The van der Waals surface area contributed by atoms with E-state index in [0.717, 1.165) is 11.1 Å². The maximum atomic E-state index is 13.8. The number of benzene rings is 2. The topological polar surface area (TPSA) is 61.4 Å². The lowest BCUT2D eigenvalue weighted by atomic mass is 9.88. The van der Waals surface area contributed by atoms with Crippen LogP contribution >= 0.6 is 0 Å². The van der Waals surface area contributed by atoms with E-state index in [-0.39, 0.29) is 36.3 Å². The molecule has 1 heterocycles. The number of halogens is 1. The Morgan fingerprint density at radius 3 is 2.62 bits per heavy atom. The molecule has 2 aromatic carbocycles. The quantitative estimate of drug-likeness (QED) is 0.803. The Morgan fingerprint density at radius 1 is 1.10 bits per heavy atom. The average Bonchev–Trinajstić information content (AvgIpc) is 2.72. The van der Waals surface area contributed by atoms with Gasteiger partial charge >= 0.3 is 6.03 Å². The standard InChI is InChI=1S/C23H28FN3O2/c1-3-25-23(29)27-15-19(11-12-21(27)17-9-6-7-16(2)13-17)22(28)26-14-18-8-4-5-10-20(18)24/h4-10,13,19,21H,3,11-12,14-15H2,1-2H3,(H,25,29)(H,26,28). The number of piperidine rings is 1. The van der Waals surface area contributed by atoms with Crippen molar-refractivity contribution in [3.8, 4) is 0 Å². The van der Waals surface area contributed by atoms with Crippen molar-refractivity contribution in [2.45, 2.75) is 39.3 Å². The predicted molar refractivity (Wildman–Crippen MR) is 111 cm³/mol. The van der Waals surface area contributed by atoms with Crippen molar-refractivity contribution in [3.63, 3.8) is 0 Å². The van der Waals surface area contributed by atoms with Crippen LogP contribution in [0.1, 0.15) is 42.5 Å². The van der Waals surface area contributed by atoms with Gasteiger partial charge in [0, 0.05) is 25.2 Å². The van der Waals surface area contributed by atoms with Gasteiger partial charge in [-0.25, -0.2) is 9.18 Å². The van der Waals surface area contributed by atoms with Crippen LogP contribution in [0.4, 0.5) is 9.18 Å². The summed E-state index contributed by atoms with van der Waals surface area (Å²) >= 11 is 0. The highest BCUT2D eigenvalue weighted by atomic mass is 19.1. The number of amides is 3. The molecular formula is C23H28FN3O2. The number of urea groups is 1. The minimum absolute atomic E-state index is 0.0583. The molecule has 2 aromatic rings. The van der Waals surface area contributed by atoms with Gasteiger partial charge in [0.15, 0.2) is 0 Å². The van der Waals surface area contributed by atoms with Gasteiger partial charge in [-0.1, -0.05) is 48.0 Å². The van der Waals surface area contributed by atoms with E-state index in [2.05, 4.69) is 16.7 Å². The molecule has 0 spiro atoms. The summed E-state index contributed by atoms with van der Waals surface area (Å²) in [4.78, 5) is 27.2. The van der Waals surface area contributed by atoms with Gasteiger partial charge in [-0.3, -0.25) is 4.79 Å². The SMILES string of the molecule is CCNC(=O)N1CC(C(=O)NCc2ccccc2F)CCC1c1cccc(C)c1. The van der Waals surface area contributed by atoms with Gasteiger partial charge in [0.1, 0.15) is 5.82 Å². The summed E-state index contributed by atoms with van der Waals surface area (Å²) in [6.07, 6.45) is 1.38. The zero-order valence-corrected chi connectivity index (χ0v) is 17.0. The van der Waals surface area contributed by atoms with E-state index >= 15 is 0 Å². The van der Waals surface area contributed by atoms with E-state index in [4.69, 9.17) is 0 Å². The first kappa shape index (κ1) is 20.8. The van der Waals surface area contributed by atoms with E-state index in [1.165, 1.54) is 6.07 Å². The highest BCUT2D eigenvalue weighted by molar-refractivity contribution is 5.81. The molecule has 1 aliphatic rings. The number of hydrogen-bond donors (Lipinski definition) is 2. The van der Waals surface area contributed by atoms with Crippen LogP contribution in [-0.2, 0) is 11.3 Å². The summed E-state index contributed by atoms with van der Waals surface area (Å²) < 4.78 is 13.8. The van der Waals surface area contributed by atoms with Gasteiger partial charge in [-0.15, -0.1) is 0 Å². The summed E-state index contributed by atoms with van der Waals surface area (Å²) in [6.45, 7) is 4.92. The highest BCUT2D eigenvalue weighted by Crippen LogP contribution is 2.34. The van der Waals surface area contributed by atoms with Crippen LogP contribution in [0.5, 0.6) is 0 Å². The Balaban J connectivity index is 1.70. The van der Waals surface area contributed by atoms with Crippen LogP contribution in [0.15, 0.2) is 48.5 Å². The third kappa shape index (κ3) is 5.13. The zero-order chi connectivity index (χ0) is 20.8. The number of likely N-dealkylation sites (tertiary alicyclic amines) is 1. The molecule has 154 valence electrons. The van der Waals surface area contributed by atoms with Gasteiger partial charge in [0.2, 0.25) is 5.91 Å². The first-order valence-electron chi connectivity index (χ1n) is 10.1. The number of carbonyl (C=O) groups excluding carboxylic acids is 2. The molecule has 2 unspecified atom stereocenters. The molecule has 0 aliphatic carbocycles. The molecule has 3 amide bonds. The molecule has 0 aromatic heterocycles.